The highest BCUT2D eigenvalue weighted by molar-refractivity contribution is 14.0. The molecule has 0 spiro atoms. The molecule has 1 saturated heterocycles. The van der Waals surface area contributed by atoms with Crippen molar-refractivity contribution >= 4 is 58.6 Å². The number of aryl methyl sites for hydroxylation is 2. The lowest BCUT2D eigenvalue weighted by atomic mass is 10.2. The fourth-order valence-corrected chi connectivity index (χ4v) is 3.83. The van der Waals surface area contributed by atoms with Crippen molar-refractivity contribution in [2.75, 3.05) is 37.6 Å². The Morgan fingerprint density at radius 3 is 2.54 bits per heavy atom. The minimum atomic E-state index is 0. The normalized spacial score (nSPS) is 15.1. The second kappa shape index (κ2) is 10.3. The fraction of sp³-hybridized carbons (Fsp3) is 0.444. The number of hydrogen-bond donors (Lipinski definition) is 1. The highest BCUT2D eigenvalue weighted by Crippen LogP contribution is 2.19. The molecule has 1 fully saturated rings. The maximum atomic E-state index is 6.16. The first-order valence-corrected chi connectivity index (χ1v) is 9.84. The number of nitrogens with two attached hydrogens (primary N) is 1. The molecule has 1 aromatic heterocycles. The van der Waals surface area contributed by atoms with Gasteiger partial charge in [-0.1, -0.05) is 11.6 Å². The van der Waals surface area contributed by atoms with E-state index in [0.29, 0.717) is 5.96 Å². The molecule has 1 aliphatic heterocycles. The fourth-order valence-electron chi connectivity index (χ4n) is 2.89. The van der Waals surface area contributed by atoms with Crippen molar-refractivity contribution < 1.29 is 0 Å². The largest absolute Gasteiger partial charge is 0.370 e. The van der Waals surface area contributed by atoms with Gasteiger partial charge in [0.1, 0.15) is 0 Å². The molecule has 1 aromatic carbocycles. The average Bonchev–Trinajstić information content (AvgIpc) is 3.05. The Morgan fingerprint density at radius 1 is 1.23 bits per heavy atom. The molecule has 0 saturated carbocycles. The van der Waals surface area contributed by atoms with Crippen molar-refractivity contribution in [1.82, 2.24) is 9.88 Å². The van der Waals surface area contributed by atoms with Crippen LogP contribution in [0.4, 0.5) is 5.69 Å². The van der Waals surface area contributed by atoms with Gasteiger partial charge in [-0.3, -0.25) is 4.99 Å². The summed E-state index contributed by atoms with van der Waals surface area (Å²) in [6.07, 6.45) is 1.96. The molecule has 0 atom stereocenters. The molecule has 2 heterocycles. The summed E-state index contributed by atoms with van der Waals surface area (Å²) in [7, 11) is 0. The molecular weight excluding hydrogens is 481 g/mol. The van der Waals surface area contributed by atoms with Gasteiger partial charge in [-0.2, -0.15) is 0 Å². The number of rotatable bonds is 5. The van der Waals surface area contributed by atoms with Gasteiger partial charge in [0.05, 0.1) is 5.01 Å². The van der Waals surface area contributed by atoms with Crippen LogP contribution in [-0.2, 0) is 6.42 Å². The molecular formula is C18H25ClIN5S. The molecule has 26 heavy (non-hydrogen) atoms. The Hall–Kier alpha value is -1.06. The molecule has 5 nitrogen and oxygen atoms in total. The zero-order valence-electron chi connectivity index (χ0n) is 14.9. The van der Waals surface area contributed by atoms with E-state index in [1.54, 1.807) is 11.3 Å². The van der Waals surface area contributed by atoms with Gasteiger partial charge in [0.15, 0.2) is 5.96 Å². The zero-order chi connectivity index (χ0) is 17.6. The first-order valence-electron chi connectivity index (χ1n) is 8.58. The lowest BCUT2D eigenvalue weighted by molar-refractivity contribution is 0.380. The Kier molecular flexibility index (Phi) is 8.43. The SMILES string of the molecule is Cc1csc(CCCN=C(N)N2CCN(c3ccc(Cl)cc3)CC2)n1.I. The molecule has 142 valence electrons. The van der Waals surface area contributed by atoms with E-state index in [9.17, 15) is 0 Å². The van der Waals surface area contributed by atoms with Crippen LogP contribution < -0.4 is 10.6 Å². The van der Waals surface area contributed by atoms with Crippen LogP contribution in [-0.4, -0.2) is 48.6 Å². The van der Waals surface area contributed by atoms with Gasteiger partial charge in [-0.15, -0.1) is 35.3 Å². The summed E-state index contributed by atoms with van der Waals surface area (Å²) < 4.78 is 0. The predicted molar refractivity (Wildman–Crippen MR) is 122 cm³/mol. The number of nitrogens with zero attached hydrogens (tertiary/aromatic N) is 4. The Bertz CT molecular complexity index is 711. The monoisotopic (exact) mass is 505 g/mol. The lowest BCUT2D eigenvalue weighted by Gasteiger charge is -2.36. The van der Waals surface area contributed by atoms with E-state index in [1.165, 1.54) is 10.7 Å². The number of hydrogen-bond acceptors (Lipinski definition) is 4. The number of thiazole rings is 1. The van der Waals surface area contributed by atoms with Gasteiger partial charge in [0.2, 0.25) is 0 Å². The van der Waals surface area contributed by atoms with Crippen LogP contribution in [0.3, 0.4) is 0 Å². The van der Waals surface area contributed by atoms with E-state index in [4.69, 9.17) is 17.3 Å². The average molecular weight is 506 g/mol. The lowest BCUT2D eigenvalue weighted by Crippen LogP contribution is -2.51. The molecule has 2 N–H and O–H groups in total. The quantitative estimate of drug-likeness (QED) is 0.291. The molecule has 0 amide bonds. The van der Waals surface area contributed by atoms with Crippen LogP contribution in [0.1, 0.15) is 17.1 Å². The second-order valence-corrected chi connectivity index (χ2v) is 7.56. The van der Waals surface area contributed by atoms with Crippen molar-refractivity contribution in [2.24, 2.45) is 10.7 Å². The summed E-state index contributed by atoms with van der Waals surface area (Å²) in [5.41, 5.74) is 8.47. The van der Waals surface area contributed by atoms with Crippen LogP contribution in [0.15, 0.2) is 34.6 Å². The standard InChI is InChI=1S/C18H24ClN5S.HI/c1-14-13-25-17(22-14)3-2-8-21-18(20)24-11-9-23(10-12-24)16-6-4-15(19)5-7-16;/h4-7,13H,2-3,8-12H2,1H3,(H2,20,21);1H. The maximum Gasteiger partial charge on any atom is 0.191 e. The topological polar surface area (TPSA) is 57.8 Å². The Morgan fingerprint density at radius 2 is 1.92 bits per heavy atom. The van der Waals surface area contributed by atoms with Gasteiger partial charge in [0.25, 0.3) is 0 Å². The molecule has 0 unspecified atom stereocenters. The number of aromatic nitrogens is 1. The maximum absolute atomic E-state index is 6.16. The zero-order valence-corrected chi connectivity index (χ0v) is 18.8. The van der Waals surface area contributed by atoms with Crippen LogP contribution in [0.25, 0.3) is 0 Å². The highest BCUT2D eigenvalue weighted by atomic mass is 127. The third-order valence-electron chi connectivity index (χ3n) is 4.28. The summed E-state index contributed by atoms with van der Waals surface area (Å²) in [4.78, 5) is 13.5. The number of piperazine rings is 1. The molecule has 1 aliphatic rings. The molecule has 3 rings (SSSR count). The summed E-state index contributed by atoms with van der Waals surface area (Å²) in [5, 5.41) is 4.04. The smallest absolute Gasteiger partial charge is 0.191 e. The van der Waals surface area contributed by atoms with E-state index in [2.05, 4.69) is 37.3 Å². The number of benzene rings is 1. The van der Waals surface area contributed by atoms with Crippen LogP contribution in [0.5, 0.6) is 0 Å². The minimum Gasteiger partial charge on any atom is -0.370 e. The molecule has 0 radical (unpaired) electrons. The van der Waals surface area contributed by atoms with E-state index < -0.39 is 0 Å². The molecule has 2 aromatic rings. The summed E-state index contributed by atoms with van der Waals surface area (Å²) in [5.74, 6) is 0.658. The first-order chi connectivity index (χ1) is 12.1. The van der Waals surface area contributed by atoms with Crippen molar-refractivity contribution in [1.29, 1.82) is 0 Å². The van der Waals surface area contributed by atoms with Gasteiger partial charge in [-0.05, 0) is 37.6 Å². The molecule has 0 bridgehead atoms. The summed E-state index contributed by atoms with van der Waals surface area (Å²) >= 11 is 7.67. The second-order valence-electron chi connectivity index (χ2n) is 6.18. The predicted octanol–water partition coefficient (Wildman–Crippen LogP) is 3.79. The van der Waals surface area contributed by atoms with Gasteiger partial charge >= 0.3 is 0 Å². The van der Waals surface area contributed by atoms with Crippen molar-refractivity contribution in [3.63, 3.8) is 0 Å². The molecule has 0 aliphatic carbocycles. The minimum absolute atomic E-state index is 0. The van der Waals surface area contributed by atoms with Crippen LogP contribution >= 0.6 is 46.9 Å². The number of guanidine groups is 1. The summed E-state index contributed by atoms with van der Waals surface area (Å²) in [6.45, 7) is 6.45. The van der Waals surface area contributed by atoms with E-state index in [0.717, 1.165) is 56.3 Å². The van der Waals surface area contributed by atoms with E-state index in [1.807, 2.05) is 19.1 Å². The van der Waals surface area contributed by atoms with E-state index >= 15 is 0 Å². The number of halogens is 2. The highest BCUT2D eigenvalue weighted by Gasteiger charge is 2.18. The first kappa shape index (κ1) is 21.2. The van der Waals surface area contributed by atoms with Crippen molar-refractivity contribution in [3.05, 3.63) is 45.4 Å². The van der Waals surface area contributed by atoms with Crippen LogP contribution in [0.2, 0.25) is 5.02 Å². The van der Waals surface area contributed by atoms with Crippen molar-refractivity contribution in [3.8, 4) is 0 Å². The third kappa shape index (κ3) is 5.99. The van der Waals surface area contributed by atoms with Crippen LogP contribution in [0, 0.1) is 6.92 Å². The van der Waals surface area contributed by atoms with Gasteiger partial charge < -0.3 is 15.5 Å². The van der Waals surface area contributed by atoms with Crippen molar-refractivity contribution in [2.45, 2.75) is 19.8 Å². The Labute approximate surface area is 181 Å². The Balaban J connectivity index is 0.00000243. The molecule has 8 heteroatoms. The van der Waals surface area contributed by atoms with E-state index in [-0.39, 0.29) is 24.0 Å². The van der Waals surface area contributed by atoms with Gasteiger partial charge in [-0.25, -0.2) is 4.98 Å². The number of aliphatic imine (C=N–C) groups is 1. The summed E-state index contributed by atoms with van der Waals surface area (Å²) in [6, 6.07) is 8.00. The van der Waals surface area contributed by atoms with Gasteiger partial charge in [0, 0.05) is 60.9 Å². The number of anilines is 1. The third-order valence-corrected chi connectivity index (χ3v) is 5.56.